The van der Waals surface area contributed by atoms with Gasteiger partial charge in [-0.2, -0.15) is 0 Å². The van der Waals surface area contributed by atoms with Crippen LogP contribution >= 0.6 is 0 Å². The van der Waals surface area contributed by atoms with Crippen molar-refractivity contribution < 1.29 is 19.5 Å². The van der Waals surface area contributed by atoms with E-state index in [4.69, 9.17) is 5.73 Å². The maximum absolute atomic E-state index is 13.6. The van der Waals surface area contributed by atoms with Crippen molar-refractivity contribution in [3.8, 4) is 0 Å². The van der Waals surface area contributed by atoms with E-state index in [1.165, 1.54) is 11.0 Å². The maximum Gasteiger partial charge on any atom is 0.352 e. The van der Waals surface area contributed by atoms with Crippen LogP contribution in [0.5, 0.6) is 0 Å². The summed E-state index contributed by atoms with van der Waals surface area (Å²) in [6.07, 6.45) is 6.29. The SMILES string of the molecule is Cn1c(C(=O)O)c(C(C(N)=O)C(=O)N2CCCC3CCCCC32)c2ccccc21. The number of rotatable bonds is 4. The Hall–Kier alpha value is -2.83. The van der Waals surface area contributed by atoms with Crippen LogP contribution in [-0.4, -0.2) is 44.9 Å². The molecule has 2 aliphatic rings. The quantitative estimate of drug-likeness (QED) is 0.774. The molecule has 1 saturated heterocycles. The molecule has 2 fully saturated rings. The molecule has 154 valence electrons. The predicted octanol–water partition coefficient (Wildman–Crippen LogP) is 2.63. The number of carbonyl (C=O) groups excluding carboxylic acids is 2. The molecule has 1 aliphatic carbocycles. The number of nitrogens with zero attached hydrogens (tertiary/aromatic N) is 2. The van der Waals surface area contributed by atoms with E-state index in [1.54, 1.807) is 31.3 Å². The van der Waals surface area contributed by atoms with Crippen LogP contribution in [0.25, 0.3) is 10.9 Å². The van der Waals surface area contributed by atoms with Gasteiger partial charge in [-0.1, -0.05) is 31.0 Å². The van der Waals surface area contributed by atoms with E-state index >= 15 is 0 Å². The highest BCUT2D eigenvalue weighted by atomic mass is 16.4. The average molecular weight is 397 g/mol. The summed E-state index contributed by atoms with van der Waals surface area (Å²) in [6.45, 7) is 0.594. The molecule has 1 saturated carbocycles. The third kappa shape index (κ3) is 3.18. The number of aromatic carboxylic acids is 1. The van der Waals surface area contributed by atoms with Gasteiger partial charge in [-0.3, -0.25) is 9.59 Å². The van der Waals surface area contributed by atoms with E-state index in [9.17, 15) is 19.5 Å². The first kappa shape index (κ1) is 19.5. The molecule has 3 N–H and O–H groups in total. The molecule has 7 nitrogen and oxygen atoms in total. The molecule has 0 radical (unpaired) electrons. The molecule has 2 aromatic rings. The summed E-state index contributed by atoms with van der Waals surface area (Å²) in [5.74, 6) is -3.17. The normalized spacial score (nSPS) is 22.9. The molecule has 29 heavy (non-hydrogen) atoms. The highest BCUT2D eigenvalue weighted by Crippen LogP contribution is 2.39. The van der Waals surface area contributed by atoms with Gasteiger partial charge in [0.1, 0.15) is 11.6 Å². The van der Waals surface area contributed by atoms with Gasteiger partial charge in [0.2, 0.25) is 11.8 Å². The summed E-state index contributed by atoms with van der Waals surface area (Å²) in [5, 5.41) is 10.4. The number of benzene rings is 1. The van der Waals surface area contributed by atoms with Crippen LogP contribution in [0.4, 0.5) is 0 Å². The average Bonchev–Trinajstić information content (AvgIpc) is 3.00. The number of carbonyl (C=O) groups is 3. The summed E-state index contributed by atoms with van der Waals surface area (Å²) in [4.78, 5) is 40.1. The molecule has 1 aliphatic heterocycles. The Bertz CT molecular complexity index is 978. The number of hydrogen-bond acceptors (Lipinski definition) is 3. The zero-order chi connectivity index (χ0) is 20.7. The fourth-order valence-electron chi connectivity index (χ4n) is 5.43. The van der Waals surface area contributed by atoms with Crippen molar-refractivity contribution in [1.29, 1.82) is 0 Å². The van der Waals surface area contributed by atoms with Gasteiger partial charge in [0.15, 0.2) is 0 Å². The maximum atomic E-state index is 13.6. The van der Waals surface area contributed by atoms with Gasteiger partial charge in [-0.25, -0.2) is 4.79 Å². The predicted molar refractivity (Wildman–Crippen MR) is 109 cm³/mol. The van der Waals surface area contributed by atoms with E-state index in [2.05, 4.69) is 0 Å². The van der Waals surface area contributed by atoms with Crippen molar-refractivity contribution in [2.45, 2.75) is 50.5 Å². The standard InChI is InChI=1S/C22H27N3O4/c1-24-16-11-5-3-9-14(16)17(19(24)22(28)29)18(20(23)26)21(27)25-12-6-8-13-7-2-4-10-15(13)25/h3,5,9,11,13,15,18H,2,4,6-8,10,12H2,1H3,(H2,23,26)(H,28,29). The molecule has 0 spiro atoms. The van der Waals surface area contributed by atoms with Gasteiger partial charge in [0.05, 0.1) is 0 Å². The number of carboxylic acids is 1. The number of likely N-dealkylation sites (tertiary alicyclic amines) is 1. The minimum Gasteiger partial charge on any atom is -0.477 e. The summed E-state index contributed by atoms with van der Waals surface area (Å²) in [7, 11) is 1.63. The molecule has 7 heteroatoms. The molecule has 4 rings (SSSR count). The number of amides is 2. The smallest absolute Gasteiger partial charge is 0.352 e. The molecule has 0 bridgehead atoms. The monoisotopic (exact) mass is 397 g/mol. The Morgan fingerprint density at radius 3 is 2.52 bits per heavy atom. The van der Waals surface area contributed by atoms with E-state index in [0.29, 0.717) is 23.4 Å². The second-order valence-electron chi connectivity index (χ2n) is 8.26. The van der Waals surface area contributed by atoms with Crippen LogP contribution in [0.2, 0.25) is 0 Å². The second-order valence-corrected chi connectivity index (χ2v) is 8.26. The summed E-state index contributed by atoms with van der Waals surface area (Å²) in [5.41, 5.74) is 6.54. The summed E-state index contributed by atoms with van der Waals surface area (Å²) < 4.78 is 1.52. The van der Waals surface area contributed by atoms with Crippen LogP contribution < -0.4 is 5.73 Å². The van der Waals surface area contributed by atoms with E-state index in [1.807, 2.05) is 4.90 Å². The van der Waals surface area contributed by atoms with Gasteiger partial charge in [0.25, 0.3) is 0 Å². The van der Waals surface area contributed by atoms with Crippen molar-refractivity contribution in [3.63, 3.8) is 0 Å². The number of para-hydroxylation sites is 1. The van der Waals surface area contributed by atoms with E-state index in [0.717, 1.165) is 32.1 Å². The summed E-state index contributed by atoms with van der Waals surface area (Å²) in [6, 6.07) is 7.23. The van der Waals surface area contributed by atoms with Crippen molar-refractivity contribution in [2.24, 2.45) is 18.7 Å². The van der Waals surface area contributed by atoms with Crippen molar-refractivity contribution in [3.05, 3.63) is 35.5 Å². The number of aromatic nitrogens is 1. The van der Waals surface area contributed by atoms with Crippen LogP contribution in [0.3, 0.4) is 0 Å². The van der Waals surface area contributed by atoms with Crippen LogP contribution in [-0.2, 0) is 16.6 Å². The molecular weight excluding hydrogens is 370 g/mol. The second kappa shape index (κ2) is 7.54. The van der Waals surface area contributed by atoms with E-state index in [-0.39, 0.29) is 23.2 Å². The minimum absolute atomic E-state index is 0.0550. The third-order valence-electron chi connectivity index (χ3n) is 6.70. The van der Waals surface area contributed by atoms with Crippen LogP contribution in [0, 0.1) is 5.92 Å². The Kier molecular flexibility index (Phi) is 5.06. The lowest BCUT2D eigenvalue weighted by molar-refractivity contribution is -0.142. The first-order valence-corrected chi connectivity index (χ1v) is 10.3. The Morgan fingerprint density at radius 1 is 1.10 bits per heavy atom. The van der Waals surface area contributed by atoms with Crippen LogP contribution in [0.15, 0.2) is 24.3 Å². The number of piperidine rings is 1. The first-order chi connectivity index (χ1) is 13.9. The molecule has 3 unspecified atom stereocenters. The highest BCUT2D eigenvalue weighted by molar-refractivity contribution is 6.12. The lowest BCUT2D eigenvalue weighted by Crippen LogP contribution is -2.52. The van der Waals surface area contributed by atoms with E-state index < -0.39 is 17.8 Å². The topological polar surface area (TPSA) is 106 Å². The summed E-state index contributed by atoms with van der Waals surface area (Å²) >= 11 is 0. The fraction of sp³-hybridized carbons (Fsp3) is 0.500. The highest BCUT2D eigenvalue weighted by Gasteiger charge is 2.42. The Morgan fingerprint density at radius 2 is 1.79 bits per heavy atom. The number of primary amides is 1. The van der Waals surface area contributed by atoms with Crippen LogP contribution in [0.1, 0.15) is 60.5 Å². The number of nitrogens with two attached hydrogens (primary N) is 1. The number of fused-ring (bicyclic) bond motifs is 2. The first-order valence-electron chi connectivity index (χ1n) is 10.3. The van der Waals surface area contributed by atoms with Gasteiger partial charge in [-0.15, -0.1) is 0 Å². The lowest BCUT2D eigenvalue weighted by Gasteiger charge is -2.45. The van der Waals surface area contributed by atoms with Gasteiger partial charge < -0.3 is 20.3 Å². The molecule has 2 amide bonds. The van der Waals surface area contributed by atoms with Gasteiger partial charge in [0, 0.05) is 36.1 Å². The third-order valence-corrected chi connectivity index (χ3v) is 6.70. The number of hydrogen-bond donors (Lipinski definition) is 2. The fourth-order valence-corrected chi connectivity index (χ4v) is 5.43. The molecule has 2 heterocycles. The largest absolute Gasteiger partial charge is 0.477 e. The molecule has 1 aromatic carbocycles. The number of carboxylic acid groups (broad SMARTS) is 1. The zero-order valence-electron chi connectivity index (χ0n) is 16.6. The number of aryl methyl sites for hydroxylation is 1. The van der Waals surface area contributed by atoms with Crippen molar-refractivity contribution in [1.82, 2.24) is 9.47 Å². The molecular formula is C22H27N3O4. The van der Waals surface area contributed by atoms with Gasteiger partial charge in [-0.05, 0) is 37.7 Å². The Balaban J connectivity index is 1.83. The zero-order valence-corrected chi connectivity index (χ0v) is 16.6. The van der Waals surface area contributed by atoms with Crippen molar-refractivity contribution in [2.75, 3.05) is 6.54 Å². The Labute approximate surface area is 169 Å². The van der Waals surface area contributed by atoms with Gasteiger partial charge >= 0.3 is 5.97 Å². The molecule has 1 aromatic heterocycles. The minimum atomic E-state index is -1.30. The van der Waals surface area contributed by atoms with Crippen molar-refractivity contribution >= 4 is 28.7 Å². The lowest BCUT2D eigenvalue weighted by atomic mass is 9.77. The molecule has 3 atom stereocenters.